The molecule has 1 aliphatic rings. The van der Waals surface area contributed by atoms with Crippen LogP contribution in [0.4, 0.5) is 11.4 Å². The van der Waals surface area contributed by atoms with E-state index in [2.05, 4.69) is 16.3 Å². The van der Waals surface area contributed by atoms with Gasteiger partial charge in [-0.1, -0.05) is 18.9 Å². The average Bonchev–Trinajstić information content (AvgIpc) is 2.89. The van der Waals surface area contributed by atoms with Gasteiger partial charge in [0.1, 0.15) is 12.0 Å². The molecule has 1 fully saturated rings. The van der Waals surface area contributed by atoms with E-state index >= 15 is 0 Å². The molecule has 0 bridgehead atoms. The summed E-state index contributed by atoms with van der Waals surface area (Å²) in [4.78, 5) is 14.7. The number of nitrogens with one attached hydrogen (secondary N) is 1. The van der Waals surface area contributed by atoms with Gasteiger partial charge in [0.25, 0.3) is 5.91 Å². The van der Waals surface area contributed by atoms with Crippen LogP contribution in [0.2, 0.25) is 0 Å². The number of amides is 1. The van der Waals surface area contributed by atoms with E-state index in [4.69, 9.17) is 10.2 Å². The van der Waals surface area contributed by atoms with Crippen LogP contribution in [0.5, 0.6) is 0 Å². The van der Waals surface area contributed by atoms with E-state index in [9.17, 15) is 4.79 Å². The van der Waals surface area contributed by atoms with Crippen LogP contribution in [-0.4, -0.2) is 19.0 Å². The molecule has 23 heavy (non-hydrogen) atoms. The van der Waals surface area contributed by atoms with Crippen molar-refractivity contribution in [2.24, 2.45) is 5.73 Å². The lowest BCUT2D eigenvalue weighted by Crippen LogP contribution is -2.24. The second kappa shape index (κ2) is 7.33. The van der Waals surface area contributed by atoms with Crippen molar-refractivity contribution in [2.75, 3.05) is 23.3 Å². The monoisotopic (exact) mass is 313 g/mol. The van der Waals surface area contributed by atoms with Gasteiger partial charge in [-0.15, -0.1) is 0 Å². The number of hydrogen-bond acceptors (Lipinski definition) is 4. The fourth-order valence-corrected chi connectivity index (χ4v) is 2.92. The second-order valence-corrected chi connectivity index (χ2v) is 5.91. The summed E-state index contributed by atoms with van der Waals surface area (Å²) in [6, 6.07) is 9.70. The molecule has 2 aromatic rings. The third-order valence-corrected chi connectivity index (χ3v) is 4.19. The topological polar surface area (TPSA) is 71.5 Å². The molecule has 1 amide bonds. The molecule has 1 aromatic heterocycles. The molecule has 5 nitrogen and oxygen atoms in total. The van der Waals surface area contributed by atoms with Crippen molar-refractivity contribution in [3.63, 3.8) is 0 Å². The van der Waals surface area contributed by atoms with Crippen molar-refractivity contribution in [3.8, 4) is 0 Å². The molecule has 0 unspecified atom stereocenters. The number of furan rings is 1. The fraction of sp³-hybridized carbons (Fsp3) is 0.389. The van der Waals surface area contributed by atoms with E-state index < -0.39 is 0 Å². The Bertz CT molecular complexity index is 658. The molecule has 3 N–H and O–H groups in total. The normalized spacial score (nSPS) is 15.3. The molecule has 0 aliphatic carbocycles. The summed E-state index contributed by atoms with van der Waals surface area (Å²) in [5.41, 5.74) is 7.96. The average molecular weight is 313 g/mol. The number of nitrogens with zero attached hydrogens (tertiary/aromatic N) is 1. The maximum absolute atomic E-state index is 12.3. The van der Waals surface area contributed by atoms with Crippen LogP contribution < -0.4 is 16.0 Å². The first kappa shape index (κ1) is 15.6. The van der Waals surface area contributed by atoms with Crippen LogP contribution in [0.25, 0.3) is 0 Å². The van der Waals surface area contributed by atoms with E-state index in [0.29, 0.717) is 11.3 Å². The Morgan fingerprint density at radius 1 is 1.17 bits per heavy atom. The van der Waals surface area contributed by atoms with Gasteiger partial charge < -0.3 is 20.4 Å². The summed E-state index contributed by atoms with van der Waals surface area (Å²) in [6.07, 6.45) is 6.50. The van der Waals surface area contributed by atoms with Gasteiger partial charge in [0.2, 0.25) is 0 Å². The van der Waals surface area contributed by atoms with Crippen LogP contribution in [-0.2, 0) is 6.54 Å². The Kier molecular flexibility index (Phi) is 4.98. The summed E-state index contributed by atoms with van der Waals surface area (Å²) in [5.74, 6) is 0.426. The molecule has 122 valence electrons. The Morgan fingerprint density at radius 3 is 2.65 bits per heavy atom. The quantitative estimate of drug-likeness (QED) is 0.908. The molecule has 3 rings (SSSR count). The Morgan fingerprint density at radius 2 is 1.96 bits per heavy atom. The van der Waals surface area contributed by atoms with Crippen molar-refractivity contribution in [2.45, 2.75) is 32.2 Å². The highest BCUT2D eigenvalue weighted by molar-refractivity contribution is 6.04. The summed E-state index contributed by atoms with van der Waals surface area (Å²) in [7, 11) is 0. The van der Waals surface area contributed by atoms with E-state index in [-0.39, 0.29) is 12.5 Å². The maximum Gasteiger partial charge on any atom is 0.258 e. The lowest BCUT2D eigenvalue weighted by molar-refractivity contribution is 0.102. The van der Waals surface area contributed by atoms with Gasteiger partial charge in [-0.05, 0) is 37.1 Å². The predicted molar refractivity (Wildman–Crippen MR) is 91.7 cm³/mol. The van der Waals surface area contributed by atoms with Crippen LogP contribution in [0.1, 0.15) is 41.8 Å². The van der Waals surface area contributed by atoms with Crippen molar-refractivity contribution < 1.29 is 9.21 Å². The third-order valence-electron chi connectivity index (χ3n) is 4.19. The number of rotatable bonds is 4. The zero-order valence-electron chi connectivity index (χ0n) is 13.3. The first-order valence-corrected chi connectivity index (χ1v) is 8.20. The Balaban J connectivity index is 1.70. The highest BCUT2D eigenvalue weighted by atomic mass is 16.3. The molecular weight excluding hydrogens is 290 g/mol. The first-order chi connectivity index (χ1) is 11.3. The molecule has 1 aromatic carbocycles. The minimum absolute atomic E-state index is 0.179. The zero-order valence-corrected chi connectivity index (χ0v) is 13.3. The van der Waals surface area contributed by atoms with E-state index in [0.717, 1.165) is 18.8 Å². The third kappa shape index (κ3) is 3.93. The minimum atomic E-state index is -0.179. The van der Waals surface area contributed by atoms with Gasteiger partial charge in [0.05, 0.1) is 12.1 Å². The van der Waals surface area contributed by atoms with Crippen LogP contribution in [0.15, 0.2) is 41.0 Å². The Hall–Kier alpha value is -2.27. The number of carbonyl (C=O) groups is 1. The van der Waals surface area contributed by atoms with Crippen LogP contribution in [0.3, 0.4) is 0 Å². The van der Waals surface area contributed by atoms with Gasteiger partial charge in [0.15, 0.2) is 0 Å². The van der Waals surface area contributed by atoms with Crippen LogP contribution in [0, 0.1) is 0 Å². The predicted octanol–water partition coefficient (Wildman–Crippen LogP) is 3.37. The minimum Gasteiger partial charge on any atom is -0.467 e. The van der Waals surface area contributed by atoms with Crippen molar-refractivity contribution in [1.82, 2.24) is 0 Å². The molecule has 0 atom stereocenters. The smallest absolute Gasteiger partial charge is 0.258 e. The van der Waals surface area contributed by atoms with Crippen molar-refractivity contribution >= 4 is 17.3 Å². The molecular formula is C18H23N3O2. The first-order valence-electron chi connectivity index (χ1n) is 8.20. The standard InChI is InChI=1S/C18H23N3O2/c19-12-17-10-14(13-23-17)18(22)20-15-6-5-7-16(11-15)21-8-3-1-2-4-9-21/h5-7,10-11,13H,1-4,8-9,12,19H2,(H,20,22). The zero-order chi connectivity index (χ0) is 16.1. The number of carbonyl (C=O) groups excluding carboxylic acids is 1. The molecule has 1 aliphatic heterocycles. The van der Waals surface area contributed by atoms with Gasteiger partial charge >= 0.3 is 0 Å². The summed E-state index contributed by atoms with van der Waals surface area (Å²) in [6.45, 7) is 2.45. The molecule has 0 spiro atoms. The Labute approximate surface area is 136 Å². The van der Waals surface area contributed by atoms with Crippen LogP contribution >= 0.6 is 0 Å². The molecule has 0 saturated carbocycles. The lowest BCUT2D eigenvalue weighted by Gasteiger charge is -2.23. The van der Waals surface area contributed by atoms with Gasteiger partial charge in [0, 0.05) is 24.5 Å². The number of benzene rings is 1. The molecule has 0 radical (unpaired) electrons. The summed E-state index contributed by atoms with van der Waals surface area (Å²) < 4.78 is 5.21. The fourth-order valence-electron chi connectivity index (χ4n) is 2.92. The van der Waals surface area contributed by atoms with Crippen molar-refractivity contribution in [1.29, 1.82) is 0 Å². The van der Waals surface area contributed by atoms with Gasteiger partial charge in [-0.2, -0.15) is 0 Å². The highest BCUT2D eigenvalue weighted by Crippen LogP contribution is 2.23. The summed E-state index contributed by atoms with van der Waals surface area (Å²) in [5, 5.41) is 2.92. The van der Waals surface area contributed by atoms with E-state index in [1.54, 1.807) is 6.07 Å². The van der Waals surface area contributed by atoms with Gasteiger partial charge in [-0.25, -0.2) is 0 Å². The number of anilines is 2. The number of hydrogen-bond donors (Lipinski definition) is 2. The maximum atomic E-state index is 12.3. The molecule has 1 saturated heterocycles. The van der Waals surface area contributed by atoms with E-state index in [1.807, 2.05) is 18.2 Å². The van der Waals surface area contributed by atoms with E-state index in [1.165, 1.54) is 37.6 Å². The largest absolute Gasteiger partial charge is 0.467 e. The summed E-state index contributed by atoms with van der Waals surface area (Å²) >= 11 is 0. The second-order valence-electron chi connectivity index (χ2n) is 5.91. The van der Waals surface area contributed by atoms with Gasteiger partial charge in [-0.3, -0.25) is 4.79 Å². The number of nitrogens with two attached hydrogens (primary N) is 1. The highest BCUT2D eigenvalue weighted by Gasteiger charge is 2.13. The SMILES string of the molecule is NCc1cc(C(=O)Nc2cccc(N3CCCCCC3)c2)co1. The lowest BCUT2D eigenvalue weighted by atomic mass is 10.2. The molecule has 2 heterocycles. The molecule has 5 heteroatoms. The van der Waals surface area contributed by atoms with Crippen molar-refractivity contribution in [3.05, 3.63) is 47.9 Å².